The minimum Gasteiger partial charge on any atom is -0.394 e. The van der Waals surface area contributed by atoms with Crippen molar-refractivity contribution >= 4 is 23.4 Å². The van der Waals surface area contributed by atoms with Crippen molar-refractivity contribution in [2.45, 2.75) is 39.8 Å². The van der Waals surface area contributed by atoms with Gasteiger partial charge >= 0.3 is 0 Å². The smallest absolute Gasteiger partial charge is 0.225 e. The first-order valence-electron chi connectivity index (χ1n) is 8.71. The number of hydrogen-bond donors (Lipinski definition) is 2. The van der Waals surface area contributed by atoms with Crippen molar-refractivity contribution in [3.8, 4) is 0 Å². The van der Waals surface area contributed by atoms with Gasteiger partial charge in [0, 0.05) is 29.9 Å². The number of nitrogens with one attached hydrogen (secondary N) is 1. The molecule has 25 heavy (non-hydrogen) atoms. The molecule has 1 aliphatic rings. The first-order chi connectivity index (χ1) is 12.0. The van der Waals surface area contributed by atoms with Gasteiger partial charge in [-0.15, -0.1) is 0 Å². The molecule has 0 saturated carbocycles. The van der Waals surface area contributed by atoms with Gasteiger partial charge in [-0.3, -0.25) is 0 Å². The summed E-state index contributed by atoms with van der Waals surface area (Å²) >= 11 is 6.10. The summed E-state index contributed by atoms with van der Waals surface area (Å²) in [5, 5.41) is 13.6. The van der Waals surface area contributed by atoms with E-state index in [1.54, 1.807) is 0 Å². The Morgan fingerprint density at radius 2 is 2.04 bits per heavy atom. The molecule has 5 nitrogen and oxygen atoms in total. The number of halogens is 1. The SMILES string of the molecule is Cc1cc(N2CCc3cc(Cl)ccc3C2)nc(N[C@@H](CO)C(C)C)n1. The molecular formula is C19H25ClN4O. The van der Waals surface area contributed by atoms with Gasteiger partial charge in [0.2, 0.25) is 5.95 Å². The lowest BCUT2D eigenvalue weighted by atomic mass is 10.00. The standard InChI is InChI=1S/C19H25ClN4O/c1-12(2)17(11-25)22-19-21-13(3)8-18(23-19)24-7-6-14-9-16(20)5-4-15(14)10-24/h4-5,8-9,12,17,25H,6-7,10-11H2,1-3H3,(H,21,22,23)/t17-/m0/s1. The summed E-state index contributed by atoms with van der Waals surface area (Å²) in [5.74, 6) is 1.78. The molecule has 134 valence electrons. The van der Waals surface area contributed by atoms with Crippen LogP contribution in [0.1, 0.15) is 30.7 Å². The van der Waals surface area contributed by atoms with Gasteiger partial charge in [-0.05, 0) is 42.5 Å². The summed E-state index contributed by atoms with van der Waals surface area (Å²) in [4.78, 5) is 11.4. The van der Waals surface area contributed by atoms with Gasteiger partial charge in [-0.2, -0.15) is 4.98 Å². The molecule has 2 aromatic rings. The molecule has 0 bridgehead atoms. The van der Waals surface area contributed by atoms with E-state index in [0.29, 0.717) is 11.9 Å². The summed E-state index contributed by atoms with van der Waals surface area (Å²) in [6, 6.07) is 8.05. The molecule has 0 spiro atoms. The molecule has 3 rings (SSSR count). The first kappa shape index (κ1) is 18.0. The fourth-order valence-corrected chi connectivity index (χ4v) is 3.28. The molecule has 6 heteroatoms. The second-order valence-corrected chi connectivity index (χ2v) is 7.39. The second kappa shape index (κ2) is 7.58. The average Bonchev–Trinajstić information content (AvgIpc) is 2.58. The van der Waals surface area contributed by atoms with Crippen molar-refractivity contribution in [2.24, 2.45) is 5.92 Å². The van der Waals surface area contributed by atoms with Crippen molar-refractivity contribution in [3.63, 3.8) is 0 Å². The first-order valence-corrected chi connectivity index (χ1v) is 9.09. The summed E-state index contributed by atoms with van der Waals surface area (Å²) in [7, 11) is 0. The number of aliphatic hydroxyl groups excluding tert-OH is 1. The molecule has 1 aromatic carbocycles. The maximum atomic E-state index is 9.54. The molecule has 0 radical (unpaired) electrons. The van der Waals surface area contributed by atoms with Gasteiger partial charge in [0.15, 0.2) is 0 Å². The van der Waals surface area contributed by atoms with Gasteiger partial charge in [-0.1, -0.05) is 31.5 Å². The normalized spacial score (nSPS) is 15.2. The van der Waals surface area contributed by atoms with Crippen LogP contribution in [0, 0.1) is 12.8 Å². The Balaban J connectivity index is 1.82. The predicted octanol–water partition coefficient (Wildman–Crippen LogP) is 3.43. The van der Waals surface area contributed by atoms with Crippen LogP contribution in [-0.2, 0) is 13.0 Å². The maximum absolute atomic E-state index is 9.54. The van der Waals surface area contributed by atoms with E-state index in [-0.39, 0.29) is 12.6 Å². The number of benzene rings is 1. The third kappa shape index (κ3) is 4.22. The van der Waals surface area contributed by atoms with Crippen LogP contribution in [0.4, 0.5) is 11.8 Å². The zero-order chi connectivity index (χ0) is 18.0. The highest BCUT2D eigenvalue weighted by molar-refractivity contribution is 6.30. The summed E-state index contributed by atoms with van der Waals surface area (Å²) in [6.45, 7) is 7.88. The molecule has 0 saturated heterocycles. The zero-order valence-corrected chi connectivity index (χ0v) is 15.7. The van der Waals surface area contributed by atoms with E-state index in [1.807, 2.05) is 19.1 Å². The van der Waals surface area contributed by atoms with E-state index in [2.05, 4.69) is 46.2 Å². The molecule has 0 aliphatic carbocycles. The summed E-state index contributed by atoms with van der Waals surface area (Å²) in [5.41, 5.74) is 3.51. The van der Waals surface area contributed by atoms with Crippen LogP contribution in [0.5, 0.6) is 0 Å². The maximum Gasteiger partial charge on any atom is 0.225 e. The third-order valence-electron chi connectivity index (χ3n) is 4.66. The summed E-state index contributed by atoms with van der Waals surface area (Å²) < 4.78 is 0. The van der Waals surface area contributed by atoms with Crippen LogP contribution < -0.4 is 10.2 Å². The van der Waals surface area contributed by atoms with Crippen molar-refractivity contribution in [2.75, 3.05) is 23.4 Å². The Bertz CT molecular complexity index is 750. The number of aliphatic hydroxyl groups is 1. The van der Waals surface area contributed by atoms with Crippen LogP contribution in [0.15, 0.2) is 24.3 Å². The van der Waals surface area contributed by atoms with Crippen molar-refractivity contribution in [1.29, 1.82) is 0 Å². The predicted molar refractivity (Wildman–Crippen MR) is 102 cm³/mol. The molecular weight excluding hydrogens is 336 g/mol. The van der Waals surface area contributed by atoms with Crippen LogP contribution in [0.25, 0.3) is 0 Å². The van der Waals surface area contributed by atoms with Crippen LogP contribution in [-0.4, -0.2) is 34.3 Å². The molecule has 1 atom stereocenters. The van der Waals surface area contributed by atoms with Gasteiger partial charge < -0.3 is 15.3 Å². The highest BCUT2D eigenvalue weighted by Crippen LogP contribution is 2.26. The number of hydrogen-bond acceptors (Lipinski definition) is 5. The third-order valence-corrected chi connectivity index (χ3v) is 4.90. The Labute approximate surface area is 154 Å². The average molecular weight is 361 g/mol. The van der Waals surface area contributed by atoms with Crippen molar-refractivity contribution < 1.29 is 5.11 Å². The van der Waals surface area contributed by atoms with Gasteiger partial charge in [0.25, 0.3) is 0 Å². The Kier molecular flexibility index (Phi) is 5.45. The fourth-order valence-electron chi connectivity index (χ4n) is 3.08. The lowest BCUT2D eigenvalue weighted by Crippen LogP contribution is -2.33. The van der Waals surface area contributed by atoms with E-state index in [1.165, 1.54) is 11.1 Å². The van der Waals surface area contributed by atoms with E-state index < -0.39 is 0 Å². The second-order valence-electron chi connectivity index (χ2n) is 6.95. The molecule has 1 aliphatic heterocycles. The van der Waals surface area contributed by atoms with Crippen LogP contribution in [0.2, 0.25) is 5.02 Å². The highest BCUT2D eigenvalue weighted by atomic mass is 35.5. The quantitative estimate of drug-likeness (QED) is 0.855. The van der Waals surface area contributed by atoms with E-state index >= 15 is 0 Å². The lowest BCUT2D eigenvalue weighted by Gasteiger charge is -2.30. The molecule has 2 heterocycles. The Hall–Kier alpha value is -1.85. The Morgan fingerprint density at radius 1 is 1.24 bits per heavy atom. The molecule has 0 amide bonds. The van der Waals surface area contributed by atoms with E-state index in [9.17, 15) is 5.11 Å². The molecule has 2 N–H and O–H groups in total. The molecule has 0 unspecified atom stereocenters. The van der Waals surface area contributed by atoms with Gasteiger partial charge in [0.1, 0.15) is 5.82 Å². The van der Waals surface area contributed by atoms with Crippen molar-refractivity contribution in [3.05, 3.63) is 46.1 Å². The minimum atomic E-state index is -0.0566. The van der Waals surface area contributed by atoms with E-state index in [4.69, 9.17) is 11.6 Å². The number of aryl methyl sites for hydroxylation is 1. The van der Waals surface area contributed by atoms with E-state index in [0.717, 1.165) is 36.0 Å². The molecule has 1 aromatic heterocycles. The Morgan fingerprint density at radius 3 is 2.76 bits per heavy atom. The molecule has 0 fully saturated rings. The summed E-state index contributed by atoms with van der Waals surface area (Å²) in [6.07, 6.45) is 0.951. The monoisotopic (exact) mass is 360 g/mol. The zero-order valence-electron chi connectivity index (χ0n) is 15.0. The number of aromatic nitrogens is 2. The highest BCUT2D eigenvalue weighted by Gasteiger charge is 2.20. The number of fused-ring (bicyclic) bond motifs is 1. The number of rotatable bonds is 5. The van der Waals surface area contributed by atoms with Crippen LogP contribution in [0.3, 0.4) is 0 Å². The van der Waals surface area contributed by atoms with Gasteiger partial charge in [0.05, 0.1) is 12.6 Å². The minimum absolute atomic E-state index is 0.0566. The number of nitrogens with zero attached hydrogens (tertiary/aromatic N) is 3. The topological polar surface area (TPSA) is 61.3 Å². The fraction of sp³-hybridized carbons (Fsp3) is 0.474. The van der Waals surface area contributed by atoms with Crippen molar-refractivity contribution in [1.82, 2.24) is 9.97 Å². The largest absolute Gasteiger partial charge is 0.394 e. The lowest BCUT2D eigenvalue weighted by molar-refractivity contribution is 0.248. The van der Waals surface area contributed by atoms with Crippen LogP contribution >= 0.6 is 11.6 Å². The van der Waals surface area contributed by atoms with Gasteiger partial charge in [-0.25, -0.2) is 4.98 Å². The number of anilines is 2.